The number of hydrogen-bond donors (Lipinski definition) is 1. The van der Waals surface area contributed by atoms with E-state index in [0.29, 0.717) is 11.8 Å². The van der Waals surface area contributed by atoms with E-state index < -0.39 is 23.3 Å². The molecule has 7 heteroatoms. The van der Waals surface area contributed by atoms with Crippen LogP contribution in [0, 0.1) is 0 Å². The van der Waals surface area contributed by atoms with Crippen LogP contribution in [0.3, 0.4) is 0 Å². The topological polar surface area (TPSA) is 59.4 Å². The van der Waals surface area contributed by atoms with Gasteiger partial charge in [0.2, 0.25) is 0 Å². The van der Waals surface area contributed by atoms with Crippen LogP contribution in [0.1, 0.15) is 15.9 Å². The molecule has 0 atom stereocenters. The van der Waals surface area contributed by atoms with Gasteiger partial charge in [0.25, 0.3) is 0 Å². The maximum absolute atomic E-state index is 12.7. The number of carboxylic acids is 1. The molecule has 4 nitrogen and oxygen atoms in total. The van der Waals surface area contributed by atoms with Gasteiger partial charge in [-0.05, 0) is 30.3 Å². The highest BCUT2D eigenvalue weighted by atomic mass is 19.4. The molecular formula is C13H8F3NO3. The van der Waals surface area contributed by atoms with Crippen LogP contribution >= 0.6 is 0 Å². The monoisotopic (exact) mass is 283 g/mol. The Morgan fingerprint density at radius 2 is 1.95 bits per heavy atom. The first-order valence-corrected chi connectivity index (χ1v) is 5.40. The Bertz CT molecular complexity index is 627. The summed E-state index contributed by atoms with van der Waals surface area (Å²) in [6, 6.07) is 5.69. The lowest BCUT2D eigenvalue weighted by atomic mass is 10.1. The number of aromatic carboxylic acids is 1. The molecule has 0 saturated carbocycles. The molecular weight excluding hydrogens is 275 g/mol. The second-order valence-corrected chi connectivity index (χ2v) is 3.80. The minimum atomic E-state index is -4.74. The van der Waals surface area contributed by atoms with Crippen molar-refractivity contribution in [2.24, 2.45) is 0 Å². The van der Waals surface area contributed by atoms with E-state index in [2.05, 4.69) is 4.98 Å². The van der Waals surface area contributed by atoms with Gasteiger partial charge in [-0.1, -0.05) is 0 Å². The largest absolute Gasteiger partial charge is 0.478 e. The first-order valence-electron chi connectivity index (χ1n) is 5.40. The van der Waals surface area contributed by atoms with Crippen molar-refractivity contribution in [1.29, 1.82) is 0 Å². The van der Waals surface area contributed by atoms with E-state index in [1.165, 1.54) is 12.4 Å². The molecule has 0 aliphatic rings. The standard InChI is InChI=1S/C13H8F3NO3/c14-13(15,16)11-4-3-8(6-10(11)12(18)19)20-9-2-1-5-17-7-9/h1-7H,(H,18,19). The van der Waals surface area contributed by atoms with Gasteiger partial charge in [-0.15, -0.1) is 0 Å². The van der Waals surface area contributed by atoms with Gasteiger partial charge in [-0.3, -0.25) is 4.98 Å². The van der Waals surface area contributed by atoms with Gasteiger partial charge in [-0.2, -0.15) is 13.2 Å². The zero-order chi connectivity index (χ0) is 14.8. The zero-order valence-corrected chi connectivity index (χ0v) is 9.89. The summed E-state index contributed by atoms with van der Waals surface area (Å²) >= 11 is 0. The molecule has 2 aromatic rings. The van der Waals surface area contributed by atoms with Gasteiger partial charge >= 0.3 is 12.1 Å². The van der Waals surface area contributed by atoms with Crippen molar-refractivity contribution in [1.82, 2.24) is 4.98 Å². The fourth-order valence-corrected chi connectivity index (χ4v) is 1.55. The van der Waals surface area contributed by atoms with Crippen LogP contribution in [0.2, 0.25) is 0 Å². The van der Waals surface area contributed by atoms with Crippen LogP contribution in [-0.4, -0.2) is 16.1 Å². The third-order valence-corrected chi connectivity index (χ3v) is 2.40. The van der Waals surface area contributed by atoms with Crippen molar-refractivity contribution in [3.8, 4) is 11.5 Å². The zero-order valence-electron chi connectivity index (χ0n) is 9.89. The molecule has 1 aromatic carbocycles. The normalized spacial score (nSPS) is 11.2. The average Bonchev–Trinajstić information content (AvgIpc) is 2.38. The molecule has 1 aromatic heterocycles. The van der Waals surface area contributed by atoms with Crippen molar-refractivity contribution >= 4 is 5.97 Å². The minimum absolute atomic E-state index is 0.0107. The van der Waals surface area contributed by atoms with Crippen molar-refractivity contribution in [3.63, 3.8) is 0 Å². The van der Waals surface area contributed by atoms with Crippen LogP contribution < -0.4 is 4.74 Å². The smallest absolute Gasteiger partial charge is 0.417 e. The van der Waals surface area contributed by atoms with Crippen LogP contribution in [0.15, 0.2) is 42.7 Å². The van der Waals surface area contributed by atoms with Gasteiger partial charge in [0.1, 0.15) is 11.5 Å². The van der Waals surface area contributed by atoms with Gasteiger partial charge in [-0.25, -0.2) is 4.79 Å². The first-order chi connectivity index (χ1) is 9.38. The summed E-state index contributed by atoms with van der Waals surface area (Å²) in [5.74, 6) is -1.39. The molecule has 0 bridgehead atoms. The molecule has 0 unspecified atom stereocenters. The summed E-state index contributed by atoms with van der Waals surface area (Å²) in [5.41, 5.74) is -2.08. The van der Waals surface area contributed by atoms with E-state index in [4.69, 9.17) is 9.84 Å². The Morgan fingerprint density at radius 1 is 1.20 bits per heavy atom. The summed E-state index contributed by atoms with van der Waals surface area (Å²) in [7, 11) is 0. The lowest BCUT2D eigenvalue weighted by Gasteiger charge is -2.12. The molecule has 1 heterocycles. The summed E-state index contributed by atoms with van der Waals surface area (Å²) < 4.78 is 43.2. The fourth-order valence-electron chi connectivity index (χ4n) is 1.55. The Labute approximate surface area is 111 Å². The summed E-state index contributed by atoms with van der Waals surface area (Å²) in [6.07, 6.45) is -1.87. The second-order valence-electron chi connectivity index (χ2n) is 3.80. The van der Waals surface area contributed by atoms with Crippen molar-refractivity contribution in [2.45, 2.75) is 6.18 Å². The first kappa shape index (κ1) is 13.9. The van der Waals surface area contributed by atoms with Crippen molar-refractivity contribution < 1.29 is 27.8 Å². The van der Waals surface area contributed by atoms with Crippen LogP contribution in [0.4, 0.5) is 13.2 Å². The molecule has 1 N–H and O–H groups in total. The Morgan fingerprint density at radius 3 is 2.50 bits per heavy atom. The number of nitrogens with zero attached hydrogens (tertiary/aromatic N) is 1. The van der Waals surface area contributed by atoms with Crippen LogP contribution in [0.25, 0.3) is 0 Å². The molecule has 20 heavy (non-hydrogen) atoms. The number of pyridine rings is 1. The number of aromatic nitrogens is 1. The molecule has 0 aliphatic carbocycles. The summed E-state index contributed by atoms with van der Waals surface area (Å²) in [4.78, 5) is 14.7. The number of hydrogen-bond acceptors (Lipinski definition) is 3. The predicted octanol–water partition coefficient (Wildman–Crippen LogP) is 3.59. The number of carboxylic acid groups (broad SMARTS) is 1. The lowest BCUT2D eigenvalue weighted by Crippen LogP contribution is -2.12. The Balaban J connectivity index is 2.38. The third-order valence-electron chi connectivity index (χ3n) is 2.40. The van der Waals surface area contributed by atoms with E-state index in [-0.39, 0.29) is 5.75 Å². The van der Waals surface area contributed by atoms with Gasteiger partial charge in [0.15, 0.2) is 0 Å². The highest BCUT2D eigenvalue weighted by Crippen LogP contribution is 2.34. The molecule has 0 radical (unpaired) electrons. The maximum atomic E-state index is 12.7. The van der Waals surface area contributed by atoms with Crippen molar-refractivity contribution in [2.75, 3.05) is 0 Å². The Hall–Kier alpha value is -2.57. The summed E-state index contributed by atoms with van der Waals surface area (Å²) in [5, 5.41) is 8.85. The Kier molecular flexibility index (Phi) is 3.60. The number of benzene rings is 1. The van der Waals surface area contributed by atoms with E-state index in [0.717, 1.165) is 12.1 Å². The van der Waals surface area contributed by atoms with Gasteiger partial charge in [0, 0.05) is 6.20 Å². The van der Waals surface area contributed by atoms with Gasteiger partial charge < -0.3 is 9.84 Å². The average molecular weight is 283 g/mol. The number of ether oxygens (including phenoxy) is 1. The van der Waals surface area contributed by atoms with E-state index in [1.807, 2.05) is 0 Å². The highest BCUT2D eigenvalue weighted by molar-refractivity contribution is 5.90. The number of alkyl halides is 3. The molecule has 0 saturated heterocycles. The third kappa shape index (κ3) is 3.05. The SMILES string of the molecule is O=C(O)c1cc(Oc2cccnc2)ccc1C(F)(F)F. The highest BCUT2D eigenvalue weighted by Gasteiger charge is 2.35. The van der Waals surface area contributed by atoms with Gasteiger partial charge in [0.05, 0.1) is 17.3 Å². The molecule has 104 valence electrons. The van der Waals surface area contributed by atoms with E-state index >= 15 is 0 Å². The molecule has 2 rings (SSSR count). The quantitative estimate of drug-likeness (QED) is 0.935. The van der Waals surface area contributed by atoms with Crippen molar-refractivity contribution in [3.05, 3.63) is 53.9 Å². The minimum Gasteiger partial charge on any atom is -0.478 e. The number of rotatable bonds is 3. The molecule has 0 spiro atoms. The van der Waals surface area contributed by atoms with E-state index in [1.54, 1.807) is 12.1 Å². The molecule has 0 aliphatic heterocycles. The number of halogens is 3. The fraction of sp³-hybridized carbons (Fsp3) is 0.0769. The number of carbonyl (C=O) groups is 1. The van der Waals surface area contributed by atoms with E-state index in [9.17, 15) is 18.0 Å². The lowest BCUT2D eigenvalue weighted by molar-refractivity contribution is -0.138. The maximum Gasteiger partial charge on any atom is 0.417 e. The molecule has 0 fully saturated rings. The van der Waals surface area contributed by atoms with Crippen LogP contribution in [0.5, 0.6) is 11.5 Å². The second kappa shape index (κ2) is 5.20. The predicted molar refractivity (Wildman–Crippen MR) is 62.7 cm³/mol. The molecule has 0 amide bonds. The summed E-state index contributed by atoms with van der Waals surface area (Å²) in [6.45, 7) is 0. The van der Waals surface area contributed by atoms with Crippen LogP contribution in [-0.2, 0) is 6.18 Å².